The number of aliphatic hydroxyl groups excluding tert-OH is 1. The Morgan fingerprint density at radius 3 is 2.79 bits per heavy atom. The molecule has 0 aliphatic rings. The van der Waals surface area contributed by atoms with Crippen LogP contribution in [0.3, 0.4) is 0 Å². The van der Waals surface area contributed by atoms with Crippen molar-refractivity contribution < 1.29 is 5.11 Å². The summed E-state index contributed by atoms with van der Waals surface area (Å²) >= 11 is 3.33. The SMILES string of the molecule is OCCc1ccccc1C#CCCBr. The third kappa shape index (κ3) is 3.53. The molecule has 0 aliphatic carbocycles. The standard InChI is InChI=1S/C12H13BrO/c13-9-4-3-7-11-5-1-2-6-12(11)8-10-14/h1-2,5-6,14H,4,8-10H2. The lowest BCUT2D eigenvalue weighted by atomic mass is 10.1. The summed E-state index contributed by atoms with van der Waals surface area (Å²) in [6.07, 6.45) is 1.53. The van der Waals surface area contributed by atoms with E-state index < -0.39 is 0 Å². The Morgan fingerprint density at radius 2 is 2.07 bits per heavy atom. The van der Waals surface area contributed by atoms with E-state index in [1.54, 1.807) is 0 Å². The molecule has 1 rings (SSSR count). The van der Waals surface area contributed by atoms with Crippen LogP contribution in [0.1, 0.15) is 17.5 Å². The molecule has 0 atom stereocenters. The lowest BCUT2D eigenvalue weighted by Gasteiger charge is -2.00. The van der Waals surface area contributed by atoms with Crippen LogP contribution in [0.15, 0.2) is 24.3 Å². The van der Waals surface area contributed by atoms with Crippen LogP contribution >= 0.6 is 15.9 Å². The van der Waals surface area contributed by atoms with Gasteiger partial charge >= 0.3 is 0 Å². The molecule has 0 heterocycles. The smallest absolute Gasteiger partial charge is 0.0471 e. The van der Waals surface area contributed by atoms with Gasteiger partial charge in [-0.1, -0.05) is 46.0 Å². The van der Waals surface area contributed by atoms with Gasteiger partial charge in [0.05, 0.1) is 0 Å². The van der Waals surface area contributed by atoms with Crippen LogP contribution in [0.4, 0.5) is 0 Å². The molecule has 1 aromatic carbocycles. The van der Waals surface area contributed by atoms with E-state index in [0.717, 1.165) is 22.9 Å². The first-order valence-corrected chi connectivity index (χ1v) is 5.74. The van der Waals surface area contributed by atoms with Crippen LogP contribution in [0, 0.1) is 11.8 Å². The molecule has 0 saturated carbocycles. The first kappa shape index (κ1) is 11.3. The van der Waals surface area contributed by atoms with Crippen molar-refractivity contribution in [2.24, 2.45) is 0 Å². The van der Waals surface area contributed by atoms with E-state index >= 15 is 0 Å². The molecule has 0 amide bonds. The zero-order valence-corrected chi connectivity index (χ0v) is 9.55. The van der Waals surface area contributed by atoms with Crippen molar-refractivity contribution in [2.75, 3.05) is 11.9 Å². The summed E-state index contributed by atoms with van der Waals surface area (Å²) in [5.41, 5.74) is 2.15. The number of halogens is 1. The molecule has 0 bridgehead atoms. The van der Waals surface area contributed by atoms with Gasteiger partial charge in [-0.05, 0) is 18.1 Å². The van der Waals surface area contributed by atoms with Crippen molar-refractivity contribution in [3.8, 4) is 11.8 Å². The quantitative estimate of drug-likeness (QED) is 0.647. The lowest BCUT2D eigenvalue weighted by molar-refractivity contribution is 0.299. The predicted octanol–water partition coefficient (Wildman–Crippen LogP) is 2.36. The molecule has 1 nitrogen and oxygen atoms in total. The minimum atomic E-state index is 0.178. The van der Waals surface area contributed by atoms with E-state index in [1.165, 1.54) is 0 Å². The minimum Gasteiger partial charge on any atom is -0.396 e. The van der Waals surface area contributed by atoms with Crippen molar-refractivity contribution in [2.45, 2.75) is 12.8 Å². The number of hydrogen-bond acceptors (Lipinski definition) is 1. The molecule has 74 valence electrons. The zero-order chi connectivity index (χ0) is 10.2. The summed E-state index contributed by atoms with van der Waals surface area (Å²) in [5, 5.41) is 9.76. The van der Waals surface area contributed by atoms with Crippen molar-refractivity contribution in [3.05, 3.63) is 35.4 Å². The van der Waals surface area contributed by atoms with E-state index in [1.807, 2.05) is 24.3 Å². The Labute approximate surface area is 93.3 Å². The van der Waals surface area contributed by atoms with Gasteiger partial charge in [0, 0.05) is 23.9 Å². The topological polar surface area (TPSA) is 20.2 Å². The fourth-order valence-electron chi connectivity index (χ4n) is 1.19. The second-order valence-electron chi connectivity index (χ2n) is 2.87. The highest BCUT2D eigenvalue weighted by Crippen LogP contribution is 2.07. The highest BCUT2D eigenvalue weighted by atomic mass is 79.9. The molecule has 0 saturated heterocycles. The first-order valence-electron chi connectivity index (χ1n) is 4.62. The fraction of sp³-hybridized carbons (Fsp3) is 0.333. The summed E-state index contributed by atoms with van der Waals surface area (Å²) < 4.78 is 0. The Hall–Kier alpha value is -0.780. The summed E-state index contributed by atoms with van der Waals surface area (Å²) in [5.74, 6) is 6.18. The molecule has 0 radical (unpaired) electrons. The van der Waals surface area contributed by atoms with E-state index in [9.17, 15) is 0 Å². The summed E-state index contributed by atoms with van der Waals surface area (Å²) in [6.45, 7) is 0.178. The van der Waals surface area contributed by atoms with E-state index in [2.05, 4.69) is 27.8 Å². The Kier molecular flexibility index (Phi) is 5.36. The number of alkyl halides is 1. The maximum absolute atomic E-state index is 8.86. The average molecular weight is 253 g/mol. The highest BCUT2D eigenvalue weighted by molar-refractivity contribution is 9.09. The van der Waals surface area contributed by atoms with E-state index in [-0.39, 0.29) is 6.61 Å². The van der Waals surface area contributed by atoms with Gasteiger partial charge in [-0.15, -0.1) is 0 Å². The molecule has 1 N–H and O–H groups in total. The zero-order valence-electron chi connectivity index (χ0n) is 7.96. The van der Waals surface area contributed by atoms with Gasteiger partial charge in [-0.3, -0.25) is 0 Å². The Morgan fingerprint density at radius 1 is 1.29 bits per heavy atom. The van der Waals surface area contributed by atoms with Crippen molar-refractivity contribution in [3.63, 3.8) is 0 Å². The minimum absolute atomic E-state index is 0.178. The summed E-state index contributed by atoms with van der Waals surface area (Å²) in [4.78, 5) is 0. The normalized spacial score (nSPS) is 9.29. The molecule has 1 aromatic rings. The molecule has 0 unspecified atom stereocenters. The molecule has 0 aliphatic heterocycles. The van der Waals surface area contributed by atoms with Crippen LogP contribution < -0.4 is 0 Å². The number of aliphatic hydroxyl groups is 1. The second kappa shape index (κ2) is 6.64. The predicted molar refractivity (Wildman–Crippen MR) is 62.5 cm³/mol. The highest BCUT2D eigenvalue weighted by Gasteiger charge is 1.96. The van der Waals surface area contributed by atoms with Crippen LogP contribution in [0.25, 0.3) is 0 Å². The molecule has 0 spiro atoms. The lowest BCUT2D eigenvalue weighted by Crippen LogP contribution is -1.93. The van der Waals surface area contributed by atoms with Gasteiger partial charge in [0.15, 0.2) is 0 Å². The summed E-state index contributed by atoms with van der Waals surface area (Å²) in [7, 11) is 0. The van der Waals surface area contributed by atoms with Crippen molar-refractivity contribution in [1.82, 2.24) is 0 Å². The van der Waals surface area contributed by atoms with Crippen LogP contribution in [-0.2, 0) is 6.42 Å². The van der Waals surface area contributed by atoms with Gasteiger partial charge < -0.3 is 5.11 Å². The molecule has 0 fully saturated rings. The molecular formula is C12H13BrO. The van der Waals surface area contributed by atoms with Crippen molar-refractivity contribution in [1.29, 1.82) is 0 Å². The number of hydrogen-bond donors (Lipinski definition) is 1. The monoisotopic (exact) mass is 252 g/mol. The molecule has 2 heteroatoms. The second-order valence-corrected chi connectivity index (χ2v) is 3.66. The molecule has 14 heavy (non-hydrogen) atoms. The van der Waals surface area contributed by atoms with Gasteiger partial charge in [0.25, 0.3) is 0 Å². The van der Waals surface area contributed by atoms with Gasteiger partial charge in [0.2, 0.25) is 0 Å². The van der Waals surface area contributed by atoms with Crippen LogP contribution in [0.5, 0.6) is 0 Å². The summed E-state index contributed by atoms with van der Waals surface area (Å²) in [6, 6.07) is 7.94. The number of benzene rings is 1. The fourth-order valence-corrected chi connectivity index (χ4v) is 1.38. The maximum atomic E-state index is 8.86. The van der Waals surface area contributed by atoms with Gasteiger partial charge in [0.1, 0.15) is 0 Å². The van der Waals surface area contributed by atoms with Crippen molar-refractivity contribution >= 4 is 15.9 Å². The third-order valence-corrected chi connectivity index (χ3v) is 2.24. The van der Waals surface area contributed by atoms with E-state index in [0.29, 0.717) is 6.42 Å². The van der Waals surface area contributed by atoms with Crippen LogP contribution in [-0.4, -0.2) is 17.0 Å². The Bertz CT molecular complexity index is 336. The average Bonchev–Trinajstić information content (AvgIpc) is 2.21. The number of rotatable bonds is 3. The van der Waals surface area contributed by atoms with Crippen LogP contribution in [0.2, 0.25) is 0 Å². The molecular weight excluding hydrogens is 240 g/mol. The van der Waals surface area contributed by atoms with Gasteiger partial charge in [-0.2, -0.15) is 0 Å². The Balaban J connectivity index is 2.80. The molecule has 0 aromatic heterocycles. The van der Waals surface area contributed by atoms with Gasteiger partial charge in [-0.25, -0.2) is 0 Å². The maximum Gasteiger partial charge on any atom is 0.0471 e. The largest absolute Gasteiger partial charge is 0.396 e. The van der Waals surface area contributed by atoms with E-state index in [4.69, 9.17) is 5.11 Å². The third-order valence-electron chi connectivity index (χ3n) is 1.84. The first-order chi connectivity index (χ1) is 6.88.